The summed E-state index contributed by atoms with van der Waals surface area (Å²) in [6.07, 6.45) is 3.14. The summed E-state index contributed by atoms with van der Waals surface area (Å²) in [6, 6.07) is 8.45. The van der Waals surface area contributed by atoms with E-state index in [2.05, 4.69) is 51.6 Å². The van der Waals surface area contributed by atoms with Crippen LogP contribution in [-0.4, -0.2) is 52.6 Å². The Morgan fingerprint density at radius 1 is 1.11 bits per heavy atom. The van der Waals surface area contributed by atoms with Gasteiger partial charge >= 0.3 is 0 Å². The van der Waals surface area contributed by atoms with Gasteiger partial charge in [-0.05, 0) is 55.7 Å². The van der Waals surface area contributed by atoms with Crippen LogP contribution in [0.1, 0.15) is 31.5 Å². The zero-order valence-electron chi connectivity index (χ0n) is 16.4. The monoisotopic (exact) mass is 370 g/mol. The molecule has 0 fully saturated rings. The predicted octanol–water partition coefficient (Wildman–Crippen LogP) is 2.98. The van der Waals surface area contributed by atoms with E-state index in [1.807, 2.05) is 12.3 Å². The molecule has 1 atom stereocenters. The topological polar surface area (TPSA) is 42.8 Å². The van der Waals surface area contributed by atoms with Gasteiger partial charge in [-0.15, -0.1) is 0 Å². The Hall–Kier alpha value is -2.05. The third-order valence-electron chi connectivity index (χ3n) is 5.73. The normalized spacial score (nSPS) is 19.3. The molecule has 146 valence electrons. The summed E-state index contributed by atoms with van der Waals surface area (Å²) < 4.78 is 13.2. The van der Waals surface area contributed by atoms with Crippen molar-refractivity contribution in [3.8, 4) is 11.5 Å². The van der Waals surface area contributed by atoms with Crippen LogP contribution in [0.2, 0.25) is 0 Å². The van der Waals surface area contributed by atoms with E-state index in [4.69, 9.17) is 9.47 Å². The van der Waals surface area contributed by atoms with Crippen molar-refractivity contribution in [3.05, 3.63) is 41.7 Å². The van der Waals surface area contributed by atoms with Gasteiger partial charge in [0.1, 0.15) is 0 Å². The summed E-state index contributed by atoms with van der Waals surface area (Å²) in [4.78, 5) is 5.06. The number of hydrogen-bond acceptors (Lipinski definition) is 5. The number of nitrogens with zero attached hydrogens (tertiary/aromatic N) is 4. The molecule has 6 nitrogen and oxygen atoms in total. The second kappa shape index (κ2) is 8.31. The minimum atomic E-state index is 0.328. The van der Waals surface area contributed by atoms with Crippen molar-refractivity contribution in [2.24, 2.45) is 5.92 Å². The average Bonchev–Trinajstić information content (AvgIpc) is 3.28. The molecule has 0 aliphatic carbocycles. The van der Waals surface area contributed by atoms with E-state index in [0.29, 0.717) is 12.7 Å². The quantitative estimate of drug-likeness (QED) is 0.750. The van der Waals surface area contributed by atoms with Gasteiger partial charge in [-0.1, -0.05) is 19.9 Å². The first kappa shape index (κ1) is 18.3. The van der Waals surface area contributed by atoms with E-state index in [9.17, 15) is 0 Å². The van der Waals surface area contributed by atoms with Gasteiger partial charge in [0, 0.05) is 32.4 Å². The van der Waals surface area contributed by atoms with Crippen LogP contribution in [0, 0.1) is 5.92 Å². The van der Waals surface area contributed by atoms with Crippen LogP contribution >= 0.6 is 0 Å². The Bertz CT molecular complexity index is 756. The van der Waals surface area contributed by atoms with Gasteiger partial charge in [-0.2, -0.15) is 5.10 Å². The summed E-state index contributed by atoms with van der Waals surface area (Å²) in [6.45, 7) is 12.2. The maximum Gasteiger partial charge on any atom is 0.231 e. The molecule has 2 aliphatic rings. The smallest absolute Gasteiger partial charge is 0.231 e. The van der Waals surface area contributed by atoms with Gasteiger partial charge in [0.15, 0.2) is 11.5 Å². The molecule has 0 spiro atoms. The maximum absolute atomic E-state index is 5.55. The SMILES string of the molecule is CCN(CC)CC[C@@H]1CN(Cc2ccc3c(c2)OCO3)Cc2ccnn2C1. The van der Waals surface area contributed by atoms with Gasteiger partial charge in [-0.3, -0.25) is 9.58 Å². The summed E-state index contributed by atoms with van der Waals surface area (Å²) in [5.74, 6) is 2.33. The van der Waals surface area contributed by atoms with Crippen LogP contribution in [0.5, 0.6) is 11.5 Å². The van der Waals surface area contributed by atoms with Crippen LogP contribution in [0.4, 0.5) is 0 Å². The van der Waals surface area contributed by atoms with Crippen LogP contribution in [0.15, 0.2) is 30.5 Å². The van der Waals surface area contributed by atoms with E-state index in [0.717, 1.165) is 57.3 Å². The zero-order valence-corrected chi connectivity index (χ0v) is 16.4. The van der Waals surface area contributed by atoms with Crippen molar-refractivity contribution in [1.82, 2.24) is 19.6 Å². The summed E-state index contributed by atoms with van der Waals surface area (Å²) >= 11 is 0. The van der Waals surface area contributed by atoms with Crippen LogP contribution in [-0.2, 0) is 19.6 Å². The lowest BCUT2D eigenvalue weighted by atomic mass is 10.0. The highest BCUT2D eigenvalue weighted by atomic mass is 16.7. The lowest BCUT2D eigenvalue weighted by molar-refractivity contribution is 0.173. The fourth-order valence-electron chi connectivity index (χ4n) is 4.13. The number of fused-ring (bicyclic) bond motifs is 2. The van der Waals surface area contributed by atoms with Crippen LogP contribution in [0.3, 0.4) is 0 Å². The van der Waals surface area contributed by atoms with Crippen molar-refractivity contribution in [2.45, 2.75) is 39.9 Å². The molecule has 0 bridgehead atoms. The molecule has 0 N–H and O–H groups in total. The van der Waals surface area contributed by atoms with Crippen LogP contribution in [0.25, 0.3) is 0 Å². The molecule has 2 aromatic rings. The fraction of sp³-hybridized carbons (Fsp3) is 0.571. The third kappa shape index (κ3) is 4.28. The Morgan fingerprint density at radius 3 is 2.81 bits per heavy atom. The van der Waals surface area contributed by atoms with E-state index in [1.54, 1.807) is 0 Å². The fourth-order valence-corrected chi connectivity index (χ4v) is 4.13. The van der Waals surface area contributed by atoms with Gasteiger partial charge in [0.2, 0.25) is 6.79 Å². The number of rotatable bonds is 7. The Morgan fingerprint density at radius 2 is 1.96 bits per heavy atom. The van der Waals surface area contributed by atoms with E-state index in [1.165, 1.54) is 17.7 Å². The largest absolute Gasteiger partial charge is 0.454 e. The zero-order chi connectivity index (χ0) is 18.6. The first-order valence-corrected chi connectivity index (χ1v) is 10.1. The minimum absolute atomic E-state index is 0.328. The van der Waals surface area contributed by atoms with Gasteiger partial charge < -0.3 is 14.4 Å². The molecule has 3 heterocycles. The predicted molar refractivity (Wildman–Crippen MR) is 105 cm³/mol. The molecule has 0 radical (unpaired) electrons. The standard InChI is InChI=1S/C21H30N4O2/c1-3-23(4-2)10-8-18-13-24(15-19-7-9-22-25(19)14-18)12-17-5-6-20-21(11-17)27-16-26-20/h5-7,9,11,18H,3-4,8,10,12-16H2,1-2H3/t18-/m1/s1. The van der Waals surface area contributed by atoms with E-state index >= 15 is 0 Å². The van der Waals surface area contributed by atoms with E-state index in [-0.39, 0.29) is 0 Å². The lowest BCUT2D eigenvalue weighted by Crippen LogP contribution is -2.31. The molecule has 0 saturated heterocycles. The molecule has 0 saturated carbocycles. The maximum atomic E-state index is 5.55. The van der Waals surface area contributed by atoms with Crippen molar-refractivity contribution < 1.29 is 9.47 Å². The number of ether oxygens (including phenoxy) is 2. The Balaban J connectivity index is 1.46. The van der Waals surface area contributed by atoms with Gasteiger partial charge in [-0.25, -0.2) is 0 Å². The van der Waals surface area contributed by atoms with Crippen molar-refractivity contribution >= 4 is 0 Å². The third-order valence-corrected chi connectivity index (χ3v) is 5.73. The lowest BCUT2D eigenvalue weighted by Gasteiger charge is -2.26. The molecule has 1 aromatic carbocycles. The molecule has 4 rings (SSSR count). The molecule has 27 heavy (non-hydrogen) atoms. The highest BCUT2D eigenvalue weighted by molar-refractivity contribution is 5.44. The van der Waals surface area contributed by atoms with Crippen molar-refractivity contribution in [1.29, 1.82) is 0 Å². The van der Waals surface area contributed by atoms with Crippen molar-refractivity contribution in [3.63, 3.8) is 0 Å². The number of hydrogen-bond donors (Lipinski definition) is 0. The molecule has 0 amide bonds. The Kier molecular flexibility index (Phi) is 5.64. The molecule has 2 aliphatic heterocycles. The highest BCUT2D eigenvalue weighted by Crippen LogP contribution is 2.33. The highest BCUT2D eigenvalue weighted by Gasteiger charge is 2.23. The number of benzene rings is 1. The van der Waals surface area contributed by atoms with Crippen LogP contribution < -0.4 is 9.47 Å². The molecular formula is C21H30N4O2. The molecule has 1 aromatic heterocycles. The second-order valence-electron chi connectivity index (χ2n) is 7.54. The second-order valence-corrected chi connectivity index (χ2v) is 7.54. The molecule has 6 heteroatoms. The van der Waals surface area contributed by atoms with Gasteiger partial charge in [0.25, 0.3) is 0 Å². The van der Waals surface area contributed by atoms with Crippen molar-refractivity contribution in [2.75, 3.05) is 33.0 Å². The summed E-state index contributed by atoms with van der Waals surface area (Å²) in [5, 5.41) is 4.56. The average molecular weight is 370 g/mol. The van der Waals surface area contributed by atoms with Gasteiger partial charge in [0.05, 0.1) is 5.69 Å². The molecule has 0 unspecified atom stereocenters. The summed E-state index contributed by atoms with van der Waals surface area (Å²) in [7, 11) is 0. The number of aromatic nitrogens is 2. The first-order valence-electron chi connectivity index (χ1n) is 10.1. The Labute approximate surface area is 161 Å². The van der Waals surface area contributed by atoms with E-state index < -0.39 is 0 Å². The first-order chi connectivity index (χ1) is 13.2. The summed E-state index contributed by atoms with van der Waals surface area (Å²) in [5.41, 5.74) is 2.58. The molecular weight excluding hydrogens is 340 g/mol. The minimum Gasteiger partial charge on any atom is -0.454 e.